The molecule has 1 aliphatic carbocycles. The highest BCUT2D eigenvalue weighted by Crippen LogP contribution is 2.31. The number of nitrogens with zero attached hydrogens (tertiary/aromatic N) is 2. The van der Waals surface area contributed by atoms with Crippen LogP contribution >= 0.6 is 11.6 Å². The fourth-order valence-corrected chi connectivity index (χ4v) is 3.49. The number of rotatable bonds is 7. The van der Waals surface area contributed by atoms with E-state index >= 15 is 0 Å². The molecule has 29 heavy (non-hydrogen) atoms. The van der Waals surface area contributed by atoms with Gasteiger partial charge < -0.3 is 15.1 Å². The molecule has 0 bridgehead atoms. The van der Waals surface area contributed by atoms with Crippen LogP contribution in [0, 0.1) is 5.92 Å². The summed E-state index contributed by atoms with van der Waals surface area (Å²) in [5, 5.41) is 3.45. The maximum absolute atomic E-state index is 13.2. The number of anilines is 2. The molecule has 0 radical (unpaired) electrons. The lowest BCUT2D eigenvalue weighted by atomic mass is 10.1. The Morgan fingerprint density at radius 3 is 2.41 bits per heavy atom. The normalized spacial score (nSPS) is 13.3. The average molecular weight is 414 g/mol. The van der Waals surface area contributed by atoms with Gasteiger partial charge in [-0.3, -0.25) is 9.59 Å². The van der Waals surface area contributed by atoms with Crippen molar-refractivity contribution in [3.8, 4) is 0 Å². The third-order valence-corrected chi connectivity index (χ3v) is 5.44. The molecule has 0 aliphatic heterocycles. The van der Waals surface area contributed by atoms with E-state index in [4.69, 9.17) is 11.6 Å². The first kappa shape index (κ1) is 21.2. The Labute approximate surface area is 177 Å². The monoisotopic (exact) mass is 413 g/mol. The number of nitrogens with one attached hydrogen (secondary N) is 1. The van der Waals surface area contributed by atoms with E-state index in [2.05, 4.69) is 5.32 Å². The Kier molecular flexibility index (Phi) is 6.48. The Morgan fingerprint density at radius 2 is 1.83 bits per heavy atom. The summed E-state index contributed by atoms with van der Waals surface area (Å²) in [7, 11) is 3.94. The summed E-state index contributed by atoms with van der Waals surface area (Å²) in [5.74, 6) is 0.102. The molecule has 0 atom stereocenters. The molecule has 0 unspecified atom stereocenters. The smallest absolute Gasteiger partial charge is 0.255 e. The topological polar surface area (TPSA) is 52.7 Å². The quantitative estimate of drug-likeness (QED) is 0.708. The molecular formula is C23H28ClN3O2. The second kappa shape index (κ2) is 8.87. The van der Waals surface area contributed by atoms with Gasteiger partial charge in [0.05, 0.1) is 10.6 Å². The second-order valence-electron chi connectivity index (χ2n) is 8.01. The molecule has 2 aromatic carbocycles. The zero-order chi connectivity index (χ0) is 21.1. The van der Waals surface area contributed by atoms with Gasteiger partial charge in [-0.1, -0.05) is 23.7 Å². The van der Waals surface area contributed by atoms with Crippen molar-refractivity contribution in [3.05, 3.63) is 58.6 Å². The highest BCUT2D eigenvalue weighted by molar-refractivity contribution is 6.33. The maximum atomic E-state index is 13.2. The maximum Gasteiger partial charge on any atom is 0.255 e. The van der Waals surface area contributed by atoms with Crippen LogP contribution < -0.4 is 10.2 Å². The molecular weight excluding hydrogens is 386 g/mol. The highest BCUT2D eigenvalue weighted by atomic mass is 35.5. The van der Waals surface area contributed by atoms with Gasteiger partial charge in [0.2, 0.25) is 5.91 Å². The summed E-state index contributed by atoms with van der Waals surface area (Å²) in [6, 6.07) is 13.0. The van der Waals surface area contributed by atoms with Crippen molar-refractivity contribution in [1.82, 2.24) is 4.90 Å². The van der Waals surface area contributed by atoms with Gasteiger partial charge in [-0.05, 0) is 62.6 Å². The van der Waals surface area contributed by atoms with Gasteiger partial charge in [-0.25, -0.2) is 0 Å². The molecule has 1 N–H and O–H groups in total. The highest BCUT2D eigenvalue weighted by Gasteiger charge is 2.30. The van der Waals surface area contributed by atoms with Crippen LogP contribution in [0.3, 0.4) is 0 Å². The summed E-state index contributed by atoms with van der Waals surface area (Å²) >= 11 is 6.27. The number of hydrogen-bond acceptors (Lipinski definition) is 3. The number of carbonyl (C=O) groups is 2. The van der Waals surface area contributed by atoms with Gasteiger partial charge in [0.15, 0.2) is 0 Å². The van der Waals surface area contributed by atoms with Gasteiger partial charge in [0.25, 0.3) is 5.91 Å². The fraction of sp³-hybridized carbons (Fsp3) is 0.391. The SMILES string of the molecule is CC(C)N(Cc1cc(NC(=O)C2CC2)ccc1N(C)C)C(=O)c1ccccc1Cl. The van der Waals surface area contributed by atoms with Crippen LogP contribution in [0.2, 0.25) is 5.02 Å². The summed E-state index contributed by atoms with van der Waals surface area (Å²) in [6.45, 7) is 4.40. The van der Waals surface area contributed by atoms with E-state index in [-0.39, 0.29) is 23.8 Å². The predicted octanol–water partition coefficient (Wildman–Crippen LogP) is 4.81. The minimum absolute atomic E-state index is 0.0153. The van der Waals surface area contributed by atoms with Crippen LogP contribution in [0.15, 0.2) is 42.5 Å². The fourth-order valence-electron chi connectivity index (χ4n) is 3.28. The first-order valence-corrected chi connectivity index (χ1v) is 10.3. The van der Waals surface area contributed by atoms with Crippen LogP contribution in [0.5, 0.6) is 0 Å². The molecule has 1 fully saturated rings. The summed E-state index contributed by atoms with van der Waals surface area (Å²) in [6.07, 6.45) is 1.92. The van der Waals surface area contributed by atoms with Crippen molar-refractivity contribution in [2.45, 2.75) is 39.3 Å². The third-order valence-electron chi connectivity index (χ3n) is 5.11. The van der Waals surface area contributed by atoms with Crippen LogP contribution in [-0.4, -0.2) is 36.9 Å². The van der Waals surface area contributed by atoms with Gasteiger partial charge in [0, 0.05) is 44.0 Å². The molecule has 0 saturated heterocycles. The van der Waals surface area contributed by atoms with Crippen molar-refractivity contribution in [2.75, 3.05) is 24.3 Å². The minimum atomic E-state index is -0.109. The van der Waals surface area contributed by atoms with E-state index in [0.717, 1.165) is 29.8 Å². The number of hydrogen-bond donors (Lipinski definition) is 1. The van der Waals surface area contributed by atoms with Gasteiger partial charge in [-0.15, -0.1) is 0 Å². The number of carbonyl (C=O) groups excluding carboxylic acids is 2. The zero-order valence-corrected chi connectivity index (χ0v) is 18.2. The first-order valence-electron chi connectivity index (χ1n) is 9.94. The van der Waals surface area contributed by atoms with Gasteiger partial charge >= 0.3 is 0 Å². The third kappa shape index (κ3) is 5.10. The molecule has 0 spiro atoms. The largest absolute Gasteiger partial charge is 0.377 e. The minimum Gasteiger partial charge on any atom is -0.377 e. The summed E-state index contributed by atoms with van der Waals surface area (Å²) in [5.41, 5.74) is 3.23. The first-order chi connectivity index (χ1) is 13.8. The lowest BCUT2D eigenvalue weighted by molar-refractivity contribution is -0.117. The van der Waals surface area contributed by atoms with Crippen molar-refractivity contribution in [3.63, 3.8) is 0 Å². The van der Waals surface area contributed by atoms with Crippen molar-refractivity contribution >= 4 is 34.8 Å². The number of halogens is 1. The van der Waals surface area contributed by atoms with E-state index in [1.807, 2.05) is 63.2 Å². The molecule has 154 valence electrons. The molecule has 0 heterocycles. The zero-order valence-electron chi connectivity index (χ0n) is 17.4. The Hall–Kier alpha value is -2.53. The van der Waals surface area contributed by atoms with Crippen molar-refractivity contribution in [2.24, 2.45) is 5.92 Å². The van der Waals surface area contributed by atoms with E-state index in [9.17, 15) is 9.59 Å². The van der Waals surface area contributed by atoms with E-state index in [0.29, 0.717) is 17.1 Å². The molecule has 5 nitrogen and oxygen atoms in total. The van der Waals surface area contributed by atoms with Crippen LogP contribution in [-0.2, 0) is 11.3 Å². The van der Waals surface area contributed by atoms with Crippen LogP contribution in [0.4, 0.5) is 11.4 Å². The van der Waals surface area contributed by atoms with Crippen LogP contribution in [0.25, 0.3) is 0 Å². The summed E-state index contributed by atoms with van der Waals surface area (Å²) < 4.78 is 0. The molecule has 1 aliphatic rings. The molecule has 1 saturated carbocycles. The Morgan fingerprint density at radius 1 is 1.14 bits per heavy atom. The molecule has 2 aromatic rings. The molecule has 3 rings (SSSR count). The lowest BCUT2D eigenvalue weighted by Gasteiger charge is -2.29. The van der Waals surface area contributed by atoms with Gasteiger partial charge in [-0.2, -0.15) is 0 Å². The molecule has 2 amide bonds. The predicted molar refractivity (Wildman–Crippen MR) is 119 cm³/mol. The van der Waals surface area contributed by atoms with E-state index in [1.54, 1.807) is 17.0 Å². The Balaban J connectivity index is 1.90. The molecule has 0 aromatic heterocycles. The standard InChI is InChI=1S/C23H28ClN3O2/c1-15(2)27(23(29)19-7-5-6-8-20(19)24)14-17-13-18(11-12-21(17)26(3)4)25-22(28)16-9-10-16/h5-8,11-13,15-16H,9-10,14H2,1-4H3,(H,25,28). The van der Waals surface area contributed by atoms with E-state index in [1.165, 1.54) is 0 Å². The van der Waals surface area contributed by atoms with E-state index < -0.39 is 0 Å². The average Bonchev–Trinajstić information content (AvgIpc) is 3.51. The van der Waals surface area contributed by atoms with Crippen LogP contribution in [0.1, 0.15) is 42.6 Å². The number of benzene rings is 2. The lowest BCUT2D eigenvalue weighted by Crippen LogP contribution is -2.37. The Bertz CT molecular complexity index is 907. The number of amides is 2. The van der Waals surface area contributed by atoms with Crippen molar-refractivity contribution in [1.29, 1.82) is 0 Å². The molecule has 6 heteroatoms. The van der Waals surface area contributed by atoms with Crippen molar-refractivity contribution < 1.29 is 9.59 Å². The summed E-state index contributed by atoms with van der Waals surface area (Å²) in [4.78, 5) is 29.2. The van der Waals surface area contributed by atoms with Gasteiger partial charge in [0.1, 0.15) is 0 Å². The second-order valence-corrected chi connectivity index (χ2v) is 8.42.